The summed E-state index contributed by atoms with van der Waals surface area (Å²) in [5.74, 6) is 0. The molecule has 0 aromatic carbocycles. The Morgan fingerprint density at radius 2 is 2.33 bits per heavy atom. The van der Waals surface area contributed by atoms with Crippen LogP contribution in [0, 0.1) is 0 Å². The van der Waals surface area contributed by atoms with Crippen LogP contribution in [-0.2, 0) is 0 Å². The first-order valence-electron chi connectivity index (χ1n) is 3.27. The van der Waals surface area contributed by atoms with Gasteiger partial charge in [0.1, 0.15) is 10.3 Å². The van der Waals surface area contributed by atoms with Crippen LogP contribution < -0.4 is 0 Å². The molecule has 0 amide bonds. The highest BCUT2D eigenvalue weighted by atomic mass is 79.9. The van der Waals surface area contributed by atoms with Crippen molar-refractivity contribution < 1.29 is 4.79 Å². The Bertz CT molecular complexity index is 437. The molecule has 60 valence electrons. The summed E-state index contributed by atoms with van der Waals surface area (Å²) < 4.78 is 2.26. The first kappa shape index (κ1) is 7.42. The zero-order valence-electron chi connectivity index (χ0n) is 5.94. The van der Waals surface area contributed by atoms with Gasteiger partial charge in [-0.2, -0.15) is 5.10 Å². The van der Waals surface area contributed by atoms with Gasteiger partial charge < -0.3 is 0 Å². The quantitative estimate of drug-likeness (QED) is 0.688. The van der Waals surface area contributed by atoms with Crippen LogP contribution in [0.2, 0.25) is 0 Å². The Morgan fingerprint density at radius 3 is 3.08 bits per heavy atom. The SMILES string of the molecule is O=Cc1cn2nc(Br)ccc2n1. The van der Waals surface area contributed by atoms with E-state index in [1.807, 2.05) is 0 Å². The van der Waals surface area contributed by atoms with Crippen LogP contribution >= 0.6 is 15.9 Å². The van der Waals surface area contributed by atoms with Gasteiger partial charge in [-0.15, -0.1) is 0 Å². The number of imidazole rings is 1. The van der Waals surface area contributed by atoms with E-state index in [0.717, 1.165) is 0 Å². The van der Waals surface area contributed by atoms with Crippen molar-refractivity contribution in [1.29, 1.82) is 0 Å². The molecule has 12 heavy (non-hydrogen) atoms. The molecule has 0 bridgehead atoms. The number of aromatic nitrogens is 3. The second-order valence-corrected chi connectivity index (χ2v) is 3.05. The van der Waals surface area contributed by atoms with Gasteiger partial charge in [-0.1, -0.05) is 0 Å². The monoisotopic (exact) mass is 225 g/mol. The number of rotatable bonds is 1. The highest BCUT2D eigenvalue weighted by Crippen LogP contribution is 2.07. The van der Waals surface area contributed by atoms with Crippen molar-refractivity contribution in [2.75, 3.05) is 0 Å². The molecule has 2 aromatic heterocycles. The summed E-state index contributed by atoms with van der Waals surface area (Å²) in [6, 6.07) is 3.56. The third-order valence-corrected chi connectivity index (χ3v) is 1.85. The fourth-order valence-corrected chi connectivity index (χ4v) is 1.24. The third kappa shape index (κ3) is 1.12. The van der Waals surface area contributed by atoms with Gasteiger partial charge in [-0.05, 0) is 28.1 Å². The van der Waals surface area contributed by atoms with E-state index in [0.29, 0.717) is 22.2 Å². The van der Waals surface area contributed by atoms with E-state index < -0.39 is 0 Å². The Labute approximate surface area is 76.4 Å². The van der Waals surface area contributed by atoms with Gasteiger partial charge in [-0.3, -0.25) is 4.79 Å². The van der Waals surface area contributed by atoms with Gasteiger partial charge in [0.25, 0.3) is 0 Å². The summed E-state index contributed by atoms with van der Waals surface area (Å²) in [6.45, 7) is 0. The zero-order valence-corrected chi connectivity index (χ0v) is 7.52. The molecule has 0 aliphatic rings. The molecule has 0 saturated carbocycles. The molecular formula is C7H4BrN3O. The van der Waals surface area contributed by atoms with Gasteiger partial charge in [0.15, 0.2) is 11.9 Å². The molecule has 0 aliphatic carbocycles. The van der Waals surface area contributed by atoms with E-state index in [-0.39, 0.29) is 0 Å². The predicted octanol–water partition coefficient (Wildman–Crippen LogP) is 1.30. The van der Waals surface area contributed by atoms with Gasteiger partial charge in [-0.25, -0.2) is 9.50 Å². The topological polar surface area (TPSA) is 47.3 Å². The fraction of sp³-hybridized carbons (Fsp3) is 0. The molecular weight excluding hydrogens is 222 g/mol. The van der Waals surface area contributed by atoms with Gasteiger partial charge in [0, 0.05) is 0 Å². The number of nitrogens with zero attached hydrogens (tertiary/aromatic N) is 3. The average Bonchev–Trinajstić information content (AvgIpc) is 2.46. The van der Waals surface area contributed by atoms with Crippen molar-refractivity contribution in [3.8, 4) is 0 Å². The second kappa shape index (κ2) is 2.67. The Hall–Kier alpha value is -1.23. The van der Waals surface area contributed by atoms with E-state index in [1.54, 1.807) is 22.8 Å². The van der Waals surface area contributed by atoms with Crippen molar-refractivity contribution in [3.05, 3.63) is 28.6 Å². The zero-order chi connectivity index (χ0) is 8.55. The summed E-state index contributed by atoms with van der Waals surface area (Å²) in [6.07, 6.45) is 2.27. The maximum absolute atomic E-state index is 10.3. The molecule has 0 aliphatic heterocycles. The van der Waals surface area contributed by atoms with Crippen molar-refractivity contribution in [1.82, 2.24) is 14.6 Å². The molecule has 5 heteroatoms. The summed E-state index contributed by atoms with van der Waals surface area (Å²) in [5, 5.41) is 4.06. The van der Waals surface area contributed by atoms with E-state index >= 15 is 0 Å². The maximum Gasteiger partial charge on any atom is 0.170 e. The van der Waals surface area contributed by atoms with Crippen LogP contribution in [0.3, 0.4) is 0 Å². The van der Waals surface area contributed by atoms with Crippen molar-refractivity contribution in [2.45, 2.75) is 0 Å². The number of carbonyl (C=O) groups excluding carboxylic acids is 1. The molecule has 0 spiro atoms. The molecule has 0 atom stereocenters. The molecule has 2 aromatic rings. The highest BCUT2D eigenvalue weighted by molar-refractivity contribution is 9.10. The number of hydrogen-bond donors (Lipinski definition) is 0. The van der Waals surface area contributed by atoms with E-state index in [2.05, 4.69) is 26.0 Å². The molecule has 2 rings (SSSR count). The Balaban J connectivity index is 2.75. The molecule has 0 N–H and O–H groups in total. The molecule has 2 heterocycles. The van der Waals surface area contributed by atoms with Crippen LogP contribution in [0.5, 0.6) is 0 Å². The minimum Gasteiger partial charge on any atom is -0.296 e. The molecule has 0 unspecified atom stereocenters. The summed E-state index contributed by atoms with van der Waals surface area (Å²) in [7, 11) is 0. The number of halogens is 1. The number of carbonyl (C=O) groups is 1. The van der Waals surface area contributed by atoms with Crippen molar-refractivity contribution in [3.63, 3.8) is 0 Å². The lowest BCUT2D eigenvalue weighted by Gasteiger charge is -1.90. The van der Waals surface area contributed by atoms with Crippen LogP contribution in [0.15, 0.2) is 22.9 Å². The van der Waals surface area contributed by atoms with Crippen molar-refractivity contribution in [2.24, 2.45) is 0 Å². The predicted molar refractivity (Wildman–Crippen MR) is 46.1 cm³/mol. The summed E-state index contributed by atoms with van der Waals surface area (Å²) in [5.41, 5.74) is 1.06. The van der Waals surface area contributed by atoms with E-state index in [4.69, 9.17) is 0 Å². The van der Waals surface area contributed by atoms with Gasteiger partial charge in [0.05, 0.1) is 6.20 Å². The minimum atomic E-state index is 0.389. The van der Waals surface area contributed by atoms with Gasteiger partial charge >= 0.3 is 0 Å². The molecule has 0 radical (unpaired) electrons. The summed E-state index contributed by atoms with van der Waals surface area (Å²) in [4.78, 5) is 14.3. The lowest BCUT2D eigenvalue weighted by Crippen LogP contribution is -1.88. The van der Waals surface area contributed by atoms with Gasteiger partial charge in [0.2, 0.25) is 0 Å². The standard InChI is InChI=1S/C7H4BrN3O/c8-6-1-2-7-9-5(4-12)3-11(7)10-6/h1-4H. The van der Waals surface area contributed by atoms with Crippen LogP contribution in [-0.4, -0.2) is 20.9 Å². The Morgan fingerprint density at radius 1 is 1.50 bits per heavy atom. The second-order valence-electron chi connectivity index (χ2n) is 2.24. The number of aldehydes is 1. The van der Waals surface area contributed by atoms with Crippen LogP contribution in [0.25, 0.3) is 5.65 Å². The first-order chi connectivity index (χ1) is 5.79. The van der Waals surface area contributed by atoms with Crippen molar-refractivity contribution >= 4 is 27.9 Å². The average molecular weight is 226 g/mol. The number of fused-ring (bicyclic) bond motifs is 1. The highest BCUT2D eigenvalue weighted by Gasteiger charge is 2.00. The largest absolute Gasteiger partial charge is 0.296 e. The van der Waals surface area contributed by atoms with Crippen LogP contribution in [0.1, 0.15) is 10.5 Å². The minimum absolute atomic E-state index is 0.389. The molecule has 4 nitrogen and oxygen atoms in total. The third-order valence-electron chi connectivity index (χ3n) is 1.43. The lowest BCUT2D eigenvalue weighted by molar-refractivity contribution is 0.111. The number of hydrogen-bond acceptors (Lipinski definition) is 3. The van der Waals surface area contributed by atoms with Crippen LogP contribution in [0.4, 0.5) is 0 Å². The first-order valence-corrected chi connectivity index (χ1v) is 4.06. The van der Waals surface area contributed by atoms with E-state index in [1.165, 1.54) is 0 Å². The van der Waals surface area contributed by atoms with E-state index in [9.17, 15) is 4.79 Å². The normalized spacial score (nSPS) is 10.4. The summed E-state index contributed by atoms with van der Waals surface area (Å²) >= 11 is 3.22. The molecule has 0 fully saturated rings. The lowest BCUT2D eigenvalue weighted by atomic mass is 10.5. The smallest absolute Gasteiger partial charge is 0.170 e. The molecule has 0 saturated heterocycles. The maximum atomic E-state index is 10.3. The fourth-order valence-electron chi connectivity index (χ4n) is 0.934. The Kier molecular flexibility index (Phi) is 1.65.